The summed E-state index contributed by atoms with van der Waals surface area (Å²) in [7, 11) is 0. The van der Waals surface area contributed by atoms with Crippen LogP contribution in [0.15, 0.2) is 10.6 Å². The molecule has 1 saturated heterocycles. The van der Waals surface area contributed by atoms with Gasteiger partial charge in [0, 0.05) is 19.8 Å². The van der Waals surface area contributed by atoms with E-state index in [0.717, 1.165) is 16.7 Å². The number of esters is 1. The van der Waals surface area contributed by atoms with Gasteiger partial charge in [-0.25, -0.2) is 9.59 Å². The number of carbonyl (C=O) groups excluding carboxylic acids is 4. The molecule has 2 rings (SSSR count). The minimum Gasteiger partial charge on any atom is -0.477 e. The standard InChI is InChI=1S/C15H16N2O9S/c1-6(18)26-5-8-11(15(24)25)17-12(21)10(13(17)27-8)16-9(20)4-2-3-7(19)14(22)23/h10,13H,2-5H2,1H3,(H,16,20)(H,22,23)(H,24,25)/t10-,13-/m1/s1. The molecule has 146 valence electrons. The third-order valence-corrected chi connectivity index (χ3v) is 5.10. The van der Waals surface area contributed by atoms with Crippen LogP contribution in [0.2, 0.25) is 0 Å². The highest BCUT2D eigenvalue weighted by atomic mass is 32.2. The third kappa shape index (κ3) is 4.45. The Morgan fingerprint density at radius 2 is 1.85 bits per heavy atom. The number of carbonyl (C=O) groups is 6. The molecule has 0 bridgehead atoms. The fourth-order valence-corrected chi connectivity index (χ4v) is 3.90. The first-order valence-corrected chi connectivity index (χ1v) is 8.66. The van der Waals surface area contributed by atoms with E-state index in [9.17, 15) is 33.9 Å². The van der Waals surface area contributed by atoms with Gasteiger partial charge >= 0.3 is 17.9 Å². The maximum Gasteiger partial charge on any atom is 0.372 e. The number of Topliss-reactive ketones (excluding diaryl/α,β-unsaturated/α-hetero) is 1. The average Bonchev–Trinajstić information content (AvgIpc) is 2.93. The highest BCUT2D eigenvalue weighted by molar-refractivity contribution is 8.04. The third-order valence-electron chi connectivity index (χ3n) is 3.78. The van der Waals surface area contributed by atoms with Crippen LogP contribution < -0.4 is 5.32 Å². The number of fused-ring (bicyclic) bond motifs is 1. The number of nitrogens with zero attached hydrogens (tertiary/aromatic N) is 1. The lowest BCUT2D eigenvalue weighted by atomic mass is 10.1. The molecule has 0 radical (unpaired) electrons. The first kappa shape index (κ1) is 20.4. The number of aliphatic carboxylic acids is 2. The second-order valence-electron chi connectivity index (χ2n) is 5.70. The Balaban J connectivity index is 1.92. The van der Waals surface area contributed by atoms with Gasteiger partial charge in [-0.3, -0.25) is 24.1 Å². The zero-order valence-corrected chi connectivity index (χ0v) is 14.9. The van der Waals surface area contributed by atoms with Crippen molar-refractivity contribution in [1.29, 1.82) is 0 Å². The summed E-state index contributed by atoms with van der Waals surface area (Å²) in [6, 6.07) is -0.957. The van der Waals surface area contributed by atoms with Crippen LogP contribution in [0.4, 0.5) is 0 Å². The molecule has 0 aromatic heterocycles. The number of rotatable bonds is 9. The van der Waals surface area contributed by atoms with E-state index >= 15 is 0 Å². The molecule has 0 aromatic carbocycles. The molecule has 2 atom stereocenters. The van der Waals surface area contributed by atoms with Crippen molar-refractivity contribution in [2.24, 2.45) is 0 Å². The number of β-lactam (4-membered cyclic amide) rings is 1. The largest absolute Gasteiger partial charge is 0.477 e. The fourth-order valence-electron chi connectivity index (χ4n) is 2.55. The molecule has 0 spiro atoms. The maximum absolute atomic E-state index is 12.2. The van der Waals surface area contributed by atoms with Crippen LogP contribution in [-0.4, -0.2) is 68.6 Å². The Bertz CT molecular complexity index is 760. The predicted octanol–water partition coefficient (Wildman–Crippen LogP) is -0.930. The summed E-state index contributed by atoms with van der Waals surface area (Å²) >= 11 is 1.01. The van der Waals surface area contributed by atoms with Crippen molar-refractivity contribution in [2.45, 2.75) is 37.6 Å². The first-order chi connectivity index (χ1) is 12.6. The molecular formula is C15H16N2O9S. The maximum atomic E-state index is 12.2. The van der Waals surface area contributed by atoms with Crippen molar-refractivity contribution >= 4 is 47.3 Å². The quantitative estimate of drug-likeness (QED) is 0.250. The number of amides is 2. The number of carboxylic acid groups (broad SMARTS) is 2. The van der Waals surface area contributed by atoms with Crippen LogP contribution in [0.5, 0.6) is 0 Å². The number of hydrogen-bond donors (Lipinski definition) is 3. The summed E-state index contributed by atoms with van der Waals surface area (Å²) in [5.74, 6) is -5.71. The first-order valence-electron chi connectivity index (χ1n) is 7.78. The van der Waals surface area contributed by atoms with Gasteiger partial charge in [0.15, 0.2) is 0 Å². The van der Waals surface area contributed by atoms with Crippen molar-refractivity contribution in [3.8, 4) is 0 Å². The summed E-state index contributed by atoms with van der Waals surface area (Å²) in [5, 5.41) is 19.5. The van der Waals surface area contributed by atoms with Crippen molar-refractivity contribution < 1.29 is 43.7 Å². The molecule has 2 heterocycles. The minimum atomic E-state index is -1.57. The normalized spacial score (nSPS) is 20.6. The molecule has 2 aliphatic rings. The Labute approximate surface area is 156 Å². The van der Waals surface area contributed by atoms with E-state index in [2.05, 4.69) is 5.32 Å². The van der Waals surface area contributed by atoms with Crippen molar-refractivity contribution in [3.05, 3.63) is 10.6 Å². The molecular weight excluding hydrogens is 384 g/mol. The molecule has 2 amide bonds. The molecule has 3 N–H and O–H groups in total. The highest BCUT2D eigenvalue weighted by Crippen LogP contribution is 2.46. The summed E-state index contributed by atoms with van der Waals surface area (Å²) in [6.45, 7) is 0.874. The highest BCUT2D eigenvalue weighted by Gasteiger charge is 2.56. The van der Waals surface area contributed by atoms with Gasteiger partial charge in [0.2, 0.25) is 11.7 Å². The van der Waals surface area contributed by atoms with Gasteiger partial charge in [-0.15, -0.1) is 0 Å². The van der Waals surface area contributed by atoms with Crippen LogP contribution in [0.25, 0.3) is 0 Å². The molecule has 1 fully saturated rings. The number of thioether (sulfide) groups is 1. The summed E-state index contributed by atoms with van der Waals surface area (Å²) in [4.78, 5) is 69.0. The van der Waals surface area contributed by atoms with Gasteiger partial charge in [0.05, 0.1) is 4.91 Å². The Kier molecular flexibility index (Phi) is 6.20. The number of nitrogens with one attached hydrogen (secondary N) is 1. The lowest BCUT2D eigenvalue weighted by Crippen LogP contribution is -2.67. The molecule has 27 heavy (non-hydrogen) atoms. The van der Waals surface area contributed by atoms with E-state index in [1.165, 1.54) is 6.92 Å². The Hall–Kier alpha value is -2.89. The molecule has 0 aromatic rings. The van der Waals surface area contributed by atoms with Gasteiger partial charge in [0.25, 0.3) is 5.91 Å². The summed E-state index contributed by atoms with van der Waals surface area (Å²) < 4.78 is 4.79. The molecule has 0 aliphatic carbocycles. The van der Waals surface area contributed by atoms with Crippen LogP contribution >= 0.6 is 11.8 Å². The van der Waals surface area contributed by atoms with Gasteiger partial charge < -0.3 is 20.3 Å². The lowest BCUT2D eigenvalue weighted by Gasteiger charge is -2.42. The van der Waals surface area contributed by atoms with Gasteiger partial charge in [-0.1, -0.05) is 11.8 Å². The second-order valence-corrected chi connectivity index (χ2v) is 6.91. The minimum absolute atomic E-state index is 0.00965. The van der Waals surface area contributed by atoms with Gasteiger partial charge in [0.1, 0.15) is 23.7 Å². The molecule has 2 aliphatic heterocycles. The van der Waals surface area contributed by atoms with Crippen LogP contribution in [0, 0.1) is 0 Å². The number of ether oxygens (including phenoxy) is 1. The van der Waals surface area contributed by atoms with Gasteiger partial charge in [-0.05, 0) is 6.42 Å². The topological polar surface area (TPSA) is 167 Å². The number of carboxylic acids is 2. The van der Waals surface area contributed by atoms with Gasteiger partial charge in [-0.2, -0.15) is 0 Å². The van der Waals surface area contributed by atoms with Crippen LogP contribution in [-0.2, 0) is 33.5 Å². The lowest BCUT2D eigenvalue weighted by molar-refractivity contribution is -0.150. The van der Waals surface area contributed by atoms with E-state index in [0.29, 0.717) is 0 Å². The molecule has 0 saturated carbocycles. The average molecular weight is 400 g/mol. The Morgan fingerprint density at radius 1 is 1.19 bits per heavy atom. The Morgan fingerprint density at radius 3 is 2.41 bits per heavy atom. The van der Waals surface area contributed by atoms with Crippen molar-refractivity contribution in [2.75, 3.05) is 6.61 Å². The SMILES string of the molecule is CC(=O)OCC1=C(C(=O)O)N2C(=O)[C@@H](NC(=O)CCCC(=O)C(=O)O)[C@H]2S1. The number of ketones is 1. The second kappa shape index (κ2) is 8.20. The van der Waals surface area contributed by atoms with E-state index in [4.69, 9.17) is 9.84 Å². The molecule has 11 nitrogen and oxygen atoms in total. The summed E-state index contributed by atoms with van der Waals surface area (Å²) in [6.07, 6.45) is -0.446. The van der Waals surface area contributed by atoms with Crippen molar-refractivity contribution in [1.82, 2.24) is 10.2 Å². The fraction of sp³-hybridized carbons (Fsp3) is 0.467. The molecule has 0 unspecified atom stereocenters. The van der Waals surface area contributed by atoms with E-state index in [-0.39, 0.29) is 36.5 Å². The monoisotopic (exact) mass is 400 g/mol. The molecule has 12 heteroatoms. The smallest absolute Gasteiger partial charge is 0.372 e. The van der Waals surface area contributed by atoms with E-state index < -0.39 is 46.9 Å². The predicted molar refractivity (Wildman–Crippen MR) is 87.9 cm³/mol. The van der Waals surface area contributed by atoms with Crippen LogP contribution in [0.1, 0.15) is 26.2 Å². The van der Waals surface area contributed by atoms with Crippen LogP contribution in [0.3, 0.4) is 0 Å². The number of hydrogen-bond acceptors (Lipinski definition) is 8. The zero-order valence-electron chi connectivity index (χ0n) is 14.1. The zero-order chi connectivity index (χ0) is 20.3. The van der Waals surface area contributed by atoms with E-state index in [1.807, 2.05) is 0 Å². The van der Waals surface area contributed by atoms with Crippen molar-refractivity contribution in [3.63, 3.8) is 0 Å². The summed E-state index contributed by atoms with van der Waals surface area (Å²) in [5.41, 5.74) is -0.284. The van der Waals surface area contributed by atoms with E-state index in [1.54, 1.807) is 0 Å².